The van der Waals surface area contributed by atoms with Crippen molar-refractivity contribution in [3.05, 3.63) is 28.3 Å². The number of benzene rings is 1. The average molecular weight is 282 g/mol. The van der Waals surface area contributed by atoms with Gasteiger partial charge in [-0.05, 0) is 18.9 Å². The van der Waals surface area contributed by atoms with Crippen LogP contribution in [0.4, 0.5) is 11.4 Å². The molecule has 0 aliphatic rings. The van der Waals surface area contributed by atoms with Gasteiger partial charge in [0.15, 0.2) is 5.75 Å². The van der Waals surface area contributed by atoms with Crippen LogP contribution in [0, 0.1) is 15.5 Å². The number of aliphatic hydroxyl groups is 1. The monoisotopic (exact) mass is 282 g/mol. The van der Waals surface area contributed by atoms with E-state index in [9.17, 15) is 15.2 Å². The van der Waals surface area contributed by atoms with Crippen molar-refractivity contribution in [2.75, 3.05) is 25.6 Å². The smallest absolute Gasteiger partial charge is 0.311 e. The topological polar surface area (TPSA) is 84.6 Å². The summed E-state index contributed by atoms with van der Waals surface area (Å²) in [5, 5.41) is 23.6. The Morgan fingerprint density at radius 1 is 1.40 bits per heavy atom. The van der Waals surface area contributed by atoms with Gasteiger partial charge in [-0.25, -0.2) is 0 Å². The second-order valence-corrected chi connectivity index (χ2v) is 4.86. The Kier molecular flexibility index (Phi) is 5.76. The number of aliphatic hydroxyl groups excluding tert-OH is 1. The molecular weight excluding hydrogens is 260 g/mol. The Labute approximate surface area is 118 Å². The number of hydrogen-bond donors (Lipinski definition) is 2. The lowest BCUT2D eigenvalue weighted by Crippen LogP contribution is -2.32. The second-order valence-electron chi connectivity index (χ2n) is 4.86. The molecule has 0 spiro atoms. The van der Waals surface area contributed by atoms with Gasteiger partial charge in [0.25, 0.3) is 0 Å². The van der Waals surface area contributed by atoms with Gasteiger partial charge < -0.3 is 15.2 Å². The molecule has 6 heteroatoms. The maximum absolute atomic E-state index is 10.8. The van der Waals surface area contributed by atoms with E-state index in [2.05, 4.69) is 5.32 Å². The van der Waals surface area contributed by atoms with Crippen LogP contribution in [0.1, 0.15) is 26.7 Å². The maximum Gasteiger partial charge on any atom is 0.311 e. The Balaban J connectivity index is 2.86. The van der Waals surface area contributed by atoms with Crippen LogP contribution >= 0.6 is 0 Å². The highest BCUT2D eigenvalue weighted by molar-refractivity contribution is 5.58. The number of nitro groups is 1. The van der Waals surface area contributed by atoms with E-state index in [1.54, 1.807) is 12.1 Å². The van der Waals surface area contributed by atoms with Gasteiger partial charge in [-0.3, -0.25) is 10.1 Å². The summed E-state index contributed by atoms with van der Waals surface area (Å²) in [7, 11) is 1.40. The Hall–Kier alpha value is -1.82. The van der Waals surface area contributed by atoms with Crippen LogP contribution in [0.5, 0.6) is 5.75 Å². The van der Waals surface area contributed by atoms with Gasteiger partial charge in [0, 0.05) is 29.8 Å². The van der Waals surface area contributed by atoms with Gasteiger partial charge in [0.1, 0.15) is 0 Å². The van der Waals surface area contributed by atoms with Crippen molar-refractivity contribution in [2.24, 2.45) is 5.41 Å². The summed E-state index contributed by atoms with van der Waals surface area (Å²) in [6.07, 6.45) is 1.72. The molecule has 0 aliphatic heterocycles. The number of hydrogen-bond acceptors (Lipinski definition) is 5. The van der Waals surface area contributed by atoms with Crippen molar-refractivity contribution in [3.63, 3.8) is 0 Å². The molecule has 0 bridgehead atoms. The van der Waals surface area contributed by atoms with E-state index in [0.29, 0.717) is 6.54 Å². The second kappa shape index (κ2) is 7.09. The van der Waals surface area contributed by atoms with E-state index in [0.717, 1.165) is 18.5 Å². The van der Waals surface area contributed by atoms with Crippen LogP contribution in [0.15, 0.2) is 18.2 Å². The number of ether oxygens (including phenoxy) is 1. The molecule has 0 saturated heterocycles. The van der Waals surface area contributed by atoms with Gasteiger partial charge >= 0.3 is 5.69 Å². The summed E-state index contributed by atoms with van der Waals surface area (Å²) >= 11 is 0. The molecule has 112 valence electrons. The molecule has 6 nitrogen and oxygen atoms in total. The highest BCUT2D eigenvalue weighted by atomic mass is 16.6. The van der Waals surface area contributed by atoms with Crippen LogP contribution in [-0.2, 0) is 0 Å². The largest absolute Gasteiger partial charge is 0.490 e. The van der Waals surface area contributed by atoms with E-state index in [4.69, 9.17) is 4.74 Å². The van der Waals surface area contributed by atoms with Crippen molar-refractivity contribution >= 4 is 11.4 Å². The normalized spacial score (nSPS) is 11.2. The van der Waals surface area contributed by atoms with Crippen LogP contribution in [0.2, 0.25) is 0 Å². The summed E-state index contributed by atoms with van der Waals surface area (Å²) in [4.78, 5) is 10.3. The quantitative estimate of drug-likeness (QED) is 0.565. The first-order valence-electron chi connectivity index (χ1n) is 6.69. The number of methoxy groups -OCH3 is 1. The highest BCUT2D eigenvalue weighted by Crippen LogP contribution is 2.31. The van der Waals surface area contributed by atoms with Gasteiger partial charge in [0.2, 0.25) is 0 Å². The van der Waals surface area contributed by atoms with Gasteiger partial charge in [-0.2, -0.15) is 0 Å². The molecule has 0 aliphatic carbocycles. The average Bonchev–Trinajstić information content (AvgIpc) is 2.48. The molecule has 0 amide bonds. The predicted molar refractivity (Wildman–Crippen MR) is 78.2 cm³/mol. The van der Waals surface area contributed by atoms with Crippen molar-refractivity contribution < 1.29 is 14.8 Å². The molecule has 0 atom stereocenters. The fourth-order valence-corrected chi connectivity index (χ4v) is 2.01. The molecule has 0 radical (unpaired) electrons. The molecule has 0 saturated carbocycles. The lowest BCUT2D eigenvalue weighted by Gasteiger charge is -2.30. The first kappa shape index (κ1) is 16.2. The number of nitro benzene ring substituents is 1. The van der Waals surface area contributed by atoms with Gasteiger partial charge in [0.05, 0.1) is 18.6 Å². The van der Waals surface area contributed by atoms with Crippen LogP contribution in [-0.4, -0.2) is 30.3 Å². The van der Waals surface area contributed by atoms with Gasteiger partial charge in [-0.1, -0.05) is 13.8 Å². The Morgan fingerprint density at radius 2 is 2.05 bits per heavy atom. The maximum atomic E-state index is 10.8. The van der Waals surface area contributed by atoms with E-state index < -0.39 is 4.92 Å². The fourth-order valence-electron chi connectivity index (χ4n) is 2.01. The highest BCUT2D eigenvalue weighted by Gasteiger charge is 2.25. The molecule has 1 aromatic carbocycles. The van der Waals surface area contributed by atoms with Crippen molar-refractivity contribution in [1.29, 1.82) is 0 Å². The van der Waals surface area contributed by atoms with Crippen LogP contribution in [0.3, 0.4) is 0 Å². The van der Waals surface area contributed by atoms with E-state index in [1.165, 1.54) is 13.2 Å². The standard InChI is InChI=1S/C14H22N2O4/c1-4-14(5-2,10-17)9-15-11-6-7-12(16(18)19)13(8-11)20-3/h6-8,15,17H,4-5,9-10H2,1-3H3. The van der Waals surface area contributed by atoms with E-state index in [-0.39, 0.29) is 23.5 Å². The summed E-state index contributed by atoms with van der Waals surface area (Å²) in [5.41, 5.74) is 0.513. The minimum Gasteiger partial charge on any atom is -0.490 e. The predicted octanol–water partition coefficient (Wildman–Crippen LogP) is 2.81. The SMILES string of the molecule is CCC(CC)(CO)CNc1ccc([N+](=O)[O-])c(OC)c1. The van der Waals surface area contributed by atoms with Crippen molar-refractivity contribution in [3.8, 4) is 5.75 Å². The zero-order valence-corrected chi connectivity index (χ0v) is 12.2. The minimum absolute atomic E-state index is 0.0579. The Morgan fingerprint density at radius 3 is 2.50 bits per heavy atom. The molecule has 0 heterocycles. The molecule has 1 aromatic rings. The zero-order valence-electron chi connectivity index (χ0n) is 12.2. The summed E-state index contributed by atoms with van der Waals surface area (Å²) < 4.78 is 5.03. The molecule has 20 heavy (non-hydrogen) atoms. The number of nitrogens with one attached hydrogen (secondary N) is 1. The molecular formula is C14H22N2O4. The third kappa shape index (κ3) is 3.60. The first-order valence-corrected chi connectivity index (χ1v) is 6.69. The molecule has 0 aromatic heterocycles. The van der Waals surface area contributed by atoms with Crippen LogP contribution < -0.4 is 10.1 Å². The van der Waals surface area contributed by atoms with E-state index >= 15 is 0 Å². The van der Waals surface area contributed by atoms with Crippen LogP contribution in [0.25, 0.3) is 0 Å². The Bertz CT molecular complexity index is 450. The molecule has 0 fully saturated rings. The molecule has 2 N–H and O–H groups in total. The van der Waals surface area contributed by atoms with Crippen molar-refractivity contribution in [1.82, 2.24) is 0 Å². The molecule has 1 rings (SSSR count). The lowest BCUT2D eigenvalue weighted by molar-refractivity contribution is -0.385. The molecule has 0 unspecified atom stereocenters. The summed E-state index contributed by atoms with van der Waals surface area (Å²) in [5.74, 6) is 0.225. The van der Waals surface area contributed by atoms with E-state index in [1.807, 2.05) is 13.8 Å². The zero-order chi connectivity index (χ0) is 15.2. The first-order chi connectivity index (χ1) is 9.51. The number of anilines is 1. The lowest BCUT2D eigenvalue weighted by atomic mass is 9.83. The third-order valence-electron chi connectivity index (χ3n) is 3.88. The number of nitrogens with zero attached hydrogens (tertiary/aromatic N) is 1. The minimum atomic E-state index is -0.473. The fraction of sp³-hybridized carbons (Fsp3) is 0.571. The van der Waals surface area contributed by atoms with Gasteiger partial charge in [-0.15, -0.1) is 0 Å². The third-order valence-corrected chi connectivity index (χ3v) is 3.88. The summed E-state index contributed by atoms with van der Waals surface area (Å²) in [6.45, 7) is 4.80. The number of rotatable bonds is 8. The summed E-state index contributed by atoms with van der Waals surface area (Å²) in [6, 6.07) is 4.67. The van der Waals surface area contributed by atoms with Crippen molar-refractivity contribution in [2.45, 2.75) is 26.7 Å².